The van der Waals surface area contributed by atoms with Crippen molar-refractivity contribution in [2.75, 3.05) is 31.4 Å². The molecule has 0 radical (unpaired) electrons. The molecule has 128 valence electrons. The third-order valence-electron chi connectivity index (χ3n) is 3.40. The highest BCUT2D eigenvalue weighted by atomic mass is 16.5. The van der Waals surface area contributed by atoms with E-state index in [4.69, 9.17) is 9.26 Å². The summed E-state index contributed by atoms with van der Waals surface area (Å²) in [5.74, 6) is 0.624. The van der Waals surface area contributed by atoms with Crippen LogP contribution in [0.2, 0.25) is 0 Å². The van der Waals surface area contributed by atoms with Crippen molar-refractivity contribution in [2.45, 2.75) is 0 Å². The third kappa shape index (κ3) is 3.57. The summed E-state index contributed by atoms with van der Waals surface area (Å²) in [5, 5.41) is 6.57. The van der Waals surface area contributed by atoms with Gasteiger partial charge in [-0.2, -0.15) is 4.98 Å². The van der Waals surface area contributed by atoms with E-state index in [-0.39, 0.29) is 11.7 Å². The minimum absolute atomic E-state index is 0.166. The summed E-state index contributed by atoms with van der Waals surface area (Å²) >= 11 is 0. The summed E-state index contributed by atoms with van der Waals surface area (Å²) in [6.07, 6.45) is 1.48. The number of benzene rings is 1. The molecule has 0 aliphatic carbocycles. The maximum absolute atomic E-state index is 12.4. The number of amides is 1. The molecule has 0 aliphatic heterocycles. The number of nitrogens with zero attached hydrogens (tertiary/aromatic N) is 4. The molecule has 8 nitrogen and oxygen atoms in total. The van der Waals surface area contributed by atoms with Crippen molar-refractivity contribution in [1.29, 1.82) is 0 Å². The fraction of sp³-hybridized carbons (Fsp3) is 0.176. The van der Waals surface area contributed by atoms with E-state index in [0.29, 0.717) is 17.3 Å². The second-order valence-electron chi connectivity index (χ2n) is 5.38. The number of hydrogen-bond donors (Lipinski definition) is 1. The first-order chi connectivity index (χ1) is 12.1. The van der Waals surface area contributed by atoms with E-state index in [1.54, 1.807) is 25.1 Å². The van der Waals surface area contributed by atoms with Gasteiger partial charge in [-0.25, -0.2) is 4.98 Å². The summed E-state index contributed by atoms with van der Waals surface area (Å²) < 4.78 is 10.3. The van der Waals surface area contributed by atoms with Crippen molar-refractivity contribution in [2.24, 2.45) is 0 Å². The smallest absolute Gasteiger partial charge is 0.318 e. The summed E-state index contributed by atoms with van der Waals surface area (Å²) in [6.45, 7) is 0. The minimum Gasteiger partial charge on any atom is -0.467 e. The lowest BCUT2D eigenvalue weighted by Gasteiger charge is -2.16. The number of aromatic nitrogens is 3. The molecule has 3 aromatic rings. The van der Waals surface area contributed by atoms with E-state index in [1.807, 2.05) is 30.3 Å². The van der Waals surface area contributed by atoms with Gasteiger partial charge in [-0.1, -0.05) is 35.5 Å². The molecule has 8 heteroatoms. The van der Waals surface area contributed by atoms with Crippen molar-refractivity contribution in [3.05, 3.63) is 48.3 Å². The van der Waals surface area contributed by atoms with Crippen LogP contribution in [0.4, 0.5) is 11.5 Å². The van der Waals surface area contributed by atoms with Gasteiger partial charge in [0, 0.05) is 25.7 Å². The van der Waals surface area contributed by atoms with Crippen LogP contribution in [0.1, 0.15) is 10.5 Å². The Labute approximate surface area is 144 Å². The van der Waals surface area contributed by atoms with Gasteiger partial charge in [0.15, 0.2) is 17.3 Å². The van der Waals surface area contributed by atoms with Crippen LogP contribution in [-0.2, 0) is 0 Å². The van der Waals surface area contributed by atoms with Crippen molar-refractivity contribution >= 4 is 17.4 Å². The maximum atomic E-state index is 12.4. The number of nitrogens with one attached hydrogen (secondary N) is 1. The highest BCUT2D eigenvalue weighted by Gasteiger charge is 2.17. The van der Waals surface area contributed by atoms with Crippen LogP contribution in [0.3, 0.4) is 0 Å². The molecule has 0 bridgehead atoms. The Morgan fingerprint density at radius 3 is 2.68 bits per heavy atom. The summed E-state index contributed by atoms with van der Waals surface area (Å²) in [7, 11) is 5.09. The lowest BCUT2D eigenvalue weighted by Crippen LogP contribution is -2.18. The average Bonchev–Trinajstić information content (AvgIpc) is 3.13. The number of carbonyl (C=O) groups is 1. The molecular formula is C17H17N5O3. The van der Waals surface area contributed by atoms with Crippen LogP contribution in [0.25, 0.3) is 11.3 Å². The van der Waals surface area contributed by atoms with Crippen LogP contribution < -0.4 is 15.0 Å². The van der Waals surface area contributed by atoms with Gasteiger partial charge in [-0.15, -0.1) is 0 Å². The van der Waals surface area contributed by atoms with Crippen LogP contribution >= 0.6 is 0 Å². The van der Waals surface area contributed by atoms with E-state index in [1.165, 1.54) is 13.3 Å². The Hall–Kier alpha value is -3.42. The van der Waals surface area contributed by atoms with E-state index >= 15 is 0 Å². The zero-order valence-electron chi connectivity index (χ0n) is 14.1. The molecule has 1 amide bonds. The molecule has 0 fully saturated rings. The molecule has 3 rings (SSSR count). The lowest BCUT2D eigenvalue weighted by molar-refractivity contribution is 0.101. The van der Waals surface area contributed by atoms with Gasteiger partial charge in [-0.3, -0.25) is 4.79 Å². The lowest BCUT2D eigenvalue weighted by atomic mass is 10.1. The van der Waals surface area contributed by atoms with E-state index in [9.17, 15) is 4.79 Å². The Morgan fingerprint density at radius 1 is 1.24 bits per heavy atom. The first kappa shape index (κ1) is 16.4. The molecule has 25 heavy (non-hydrogen) atoms. The molecule has 0 saturated carbocycles. The van der Waals surface area contributed by atoms with Crippen molar-refractivity contribution in [1.82, 2.24) is 15.1 Å². The molecule has 0 aliphatic rings. The van der Waals surface area contributed by atoms with Gasteiger partial charge in [0.25, 0.3) is 5.91 Å². The molecular weight excluding hydrogens is 322 g/mol. The minimum atomic E-state index is -0.414. The normalized spacial score (nSPS) is 10.4. The Balaban J connectivity index is 1.82. The van der Waals surface area contributed by atoms with Crippen molar-refractivity contribution in [3.63, 3.8) is 0 Å². The molecule has 2 aromatic heterocycles. The van der Waals surface area contributed by atoms with Crippen LogP contribution in [0, 0.1) is 0 Å². The standard InChI is InChI=1S/C17H17N5O3/c1-22(2)15-13(10-18-17(20-15)24-3)19-16(23)12-9-14(25-21-12)11-7-5-4-6-8-11/h4-10H,1-3H3,(H,19,23). The number of anilines is 2. The fourth-order valence-electron chi connectivity index (χ4n) is 2.19. The number of methoxy groups -OCH3 is 1. The van der Waals surface area contributed by atoms with E-state index in [0.717, 1.165) is 5.56 Å². The quantitative estimate of drug-likeness (QED) is 0.763. The van der Waals surface area contributed by atoms with Crippen LogP contribution in [0.15, 0.2) is 47.1 Å². The zero-order chi connectivity index (χ0) is 17.8. The molecule has 0 saturated heterocycles. The van der Waals surface area contributed by atoms with E-state index < -0.39 is 5.91 Å². The SMILES string of the molecule is COc1ncc(NC(=O)c2cc(-c3ccccc3)on2)c(N(C)C)n1. The zero-order valence-corrected chi connectivity index (χ0v) is 14.1. The number of carbonyl (C=O) groups excluding carboxylic acids is 1. The molecule has 0 spiro atoms. The largest absolute Gasteiger partial charge is 0.467 e. The summed E-state index contributed by atoms with van der Waals surface area (Å²) in [4.78, 5) is 22.4. The van der Waals surface area contributed by atoms with Gasteiger partial charge in [0.05, 0.1) is 13.3 Å². The molecule has 0 unspecified atom stereocenters. The van der Waals surface area contributed by atoms with Crippen molar-refractivity contribution in [3.8, 4) is 17.3 Å². The predicted octanol–water partition coefficient (Wildman–Crippen LogP) is 2.46. The fourth-order valence-corrected chi connectivity index (χ4v) is 2.19. The van der Waals surface area contributed by atoms with E-state index in [2.05, 4.69) is 20.4 Å². The Bertz CT molecular complexity index is 877. The Morgan fingerprint density at radius 2 is 2.00 bits per heavy atom. The van der Waals surface area contributed by atoms with Gasteiger partial charge in [0.2, 0.25) is 0 Å². The highest BCUT2D eigenvalue weighted by molar-refractivity contribution is 6.04. The monoisotopic (exact) mass is 339 g/mol. The average molecular weight is 339 g/mol. The molecule has 1 N–H and O–H groups in total. The van der Waals surface area contributed by atoms with Gasteiger partial charge in [-0.05, 0) is 0 Å². The van der Waals surface area contributed by atoms with Crippen LogP contribution in [0.5, 0.6) is 6.01 Å². The summed E-state index contributed by atoms with van der Waals surface area (Å²) in [6, 6.07) is 11.2. The third-order valence-corrected chi connectivity index (χ3v) is 3.40. The molecule has 1 aromatic carbocycles. The first-order valence-corrected chi connectivity index (χ1v) is 7.50. The number of rotatable bonds is 5. The maximum Gasteiger partial charge on any atom is 0.318 e. The molecule has 0 atom stereocenters. The number of ether oxygens (including phenoxy) is 1. The van der Waals surface area contributed by atoms with Gasteiger partial charge < -0.3 is 19.5 Å². The Kier molecular flexibility index (Phi) is 4.60. The topological polar surface area (TPSA) is 93.4 Å². The highest BCUT2D eigenvalue weighted by Crippen LogP contribution is 2.24. The van der Waals surface area contributed by atoms with Crippen LogP contribution in [-0.4, -0.2) is 42.2 Å². The van der Waals surface area contributed by atoms with Crippen molar-refractivity contribution < 1.29 is 14.1 Å². The predicted molar refractivity (Wildman–Crippen MR) is 92.8 cm³/mol. The van der Waals surface area contributed by atoms with Gasteiger partial charge >= 0.3 is 6.01 Å². The second kappa shape index (κ2) is 7.00. The number of hydrogen-bond acceptors (Lipinski definition) is 7. The van der Waals surface area contributed by atoms with Gasteiger partial charge in [0.1, 0.15) is 5.69 Å². The summed E-state index contributed by atoms with van der Waals surface area (Å²) in [5.41, 5.74) is 1.45. The molecule has 2 heterocycles. The second-order valence-corrected chi connectivity index (χ2v) is 5.38. The first-order valence-electron chi connectivity index (χ1n) is 7.50.